The number of nitrogen functional groups attached to an aromatic ring is 1. The van der Waals surface area contributed by atoms with Crippen LogP contribution in [0.5, 0.6) is 0 Å². The Kier molecular flexibility index (Phi) is 2.84. The van der Waals surface area contributed by atoms with Crippen molar-refractivity contribution in [3.8, 4) is 0 Å². The molecule has 2 N–H and O–H groups in total. The van der Waals surface area contributed by atoms with Crippen LogP contribution in [-0.2, 0) is 11.2 Å². The molecule has 0 aliphatic heterocycles. The molecule has 70 valence electrons. The van der Waals surface area contributed by atoms with E-state index in [0.717, 1.165) is 5.69 Å². The molecule has 0 aliphatic carbocycles. The maximum Gasteiger partial charge on any atom is 0.228 e. The molecule has 0 saturated heterocycles. The summed E-state index contributed by atoms with van der Waals surface area (Å²) in [5.74, 6) is 0.0391. The summed E-state index contributed by atoms with van der Waals surface area (Å²) < 4.78 is 0. The molecule has 1 amide bonds. The van der Waals surface area contributed by atoms with Crippen molar-refractivity contribution in [2.24, 2.45) is 0 Å². The Labute approximate surface area is 77.4 Å². The molecule has 0 radical (unpaired) electrons. The highest BCUT2D eigenvalue weighted by Gasteiger charge is 2.05. The Bertz CT molecular complexity index is 292. The van der Waals surface area contributed by atoms with Crippen molar-refractivity contribution in [1.29, 1.82) is 0 Å². The van der Waals surface area contributed by atoms with E-state index in [1.54, 1.807) is 32.4 Å². The van der Waals surface area contributed by atoms with Gasteiger partial charge in [-0.05, 0) is 12.1 Å². The molecular weight excluding hydrogens is 166 g/mol. The zero-order valence-electron chi connectivity index (χ0n) is 7.82. The second-order valence-electron chi connectivity index (χ2n) is 3.05. The van der Waals surface area contributed by atoms with Crippen LogP contribution in [0.3, 0.4) is 0 Å². The average molecular weight is 179 g/mol. The number of hydrogen-bond donors (Lipinski definition) is 1. The van der Waals surface area contributed by atoms with Crippen LogP contribution in [-0.4, -0.2) is 29.9 Å². The van der Waals surface area contributed by atoms with E-state index in [9.17, 15) is 4.79 Å². The normalized spacial score (nSPS) is 9.69. The van der Waals surface area contributed by atoms with E-state index < -0.39 is 0 Å². The van der Waals surface area contributed by atoms with Gasteiger partial charge in [-0.15, -0.1) is 0 Å². The van der Waals surface area contributed by atoms with Crippen LogP contribution in [0.2, 0.25) is 0 Å². The number of carbonyl (C=O) groups excluding carboxylic acids is 1. The Balaban J connectivity index is 2.65. The van der Waals surface area contributed by atoms with Gasteiger partial charge in [-0.25, -0.2) is 0 Å². The quantitative estimate of drug-likeness (QED) is 0.710. The topological polar surface area (TPSA) is 59.2 Å². The number of anilines is 1. The number of nitrogens with two attached hydrogens (primary N) is 1. The lowest BCUT2D eigenvalue weighted by Crippen LogP contribution is -2.23. The van der Waals surface area contributed by atoms with Crippen LogP contribution in [0.15, 0.2) is 18.3 Å². The van der Waals surface area contributed by atoms with E-state index in [4.69, 9.17) is 5.73 Å². The summed E-state index contributed by atoms with van der Waals surface area (Å²) in [7, 11) is 3.44. The summed E-state index contributed by atoms with van der Waals surface area (Å²) in [6.07, 6.45) is 1.88. The molecule has 0 fully saturated rings. The van der Waals surface area contributed by atoms with Crippen LogP contribution in [0, 0.1) is 0 Å². The minimum absolute atomic E-state index is 0.0391. The summed E-state index contributed by atoms with van der Waals surface area (Å²) >= 11 is 0. The number of likely N-dealkylation sites (N-methyl/N-ethyl adjacent to an activating group) is 1. The van der Waals surface area contributed by atoms with Gasteiger partial charge >= 0.3 is 0 Å². The number of carbonyl (C=O) groups is 1. The summed E-state index contributed by atoms with van der Waals surface area (Å²) in [5.41, 5.74) is 6.81. The SMILES string of the molecule is CN(C)C(=O)Cc1ccc(N)cn1. The van der Waals surface area contributed by atoms with Crippen molar-refractivity contribution in [2.45, 2.75) is 6.42 Å². The van der Waals surface area contributed by atoms with E-state index in [1.165, 1.54) is 4.90 Å². The molecule has 4 nitrogen and oxygen atoms in total. The minimum atomic E-state index is 0.0391. The third kappa shape index (κ3) is 2.74. The van der Waals surface area contributed by atoms with E-state index >= 15 is 0 Å². The summed E-state index contributed by atoms with van der Waals surface area (Å²) in [5, 5.41) is 0. The lowest BCUT2D eigenvalue weighted by atomic mass is 10.2. The predicted molar refractivity (Wildman–Crippen MR) is 51.0 cm³/mol. The van der Waals surface area contributed by atoms with Gasteiger partial charge in [0.1, 0.15) is 0 Å². The first-order chi connectivity index (χ1) is 6.09. The lowest BCUT2D eigenvalue weighted by Gasteiger charge is -2.09. The van der Waals surface area contributed by atoms with Gasteiger partial charge in [-0.3, -0.25) is 9.78 Å². The van der Waals surface area contributed by atoms with Gasteiger partial charge in [-0.1, -0.05) is 0 Å². The van der Waals surface area contributed by atoms with Gasteiger partial charge < -0.3 is 10.6 Å². The highest BCUT2D eigenvalue weighted by molar-refractivity contribution is 5.77. The van der Waals surface area contributed by atoms with E-state index in [0.29, 0.717) is 12.1 Å². The second kappa shape index (κ2) is 3.89. The van der Waals surface area contributed by atoms with Crippen LogP contribution in [0.1, 0.15) is 5.69 Å². The first kappa shape index (κ1) is 9.51. The van der Waals surface area contributed by atoms with Gasteiger partial charge in [0, 0.05) is 19.8 Å². The molecule has 0 aliphatic rings. The summed E-state index contributed by atoms with van der Waals surface area (Å²) in [6.45, 7) is 0. The third-order valence-electron chi connectivity index (χ3n) is 1.68. The van der Waals surface area contributed by atoms with E-state index in [2.05, 4.69) is 4.98 Å². The fourth-order valence-corrected chi connectivity index (χ4v) is 0.854. The van der Waals surface area contributed by atoms with Gasteiger partial charge in [0.15, 0.2) is 0 Å². The van der Waals surface area contributed by atoms with Crippen LogP contribution in [0.4, 0.5) is 5.69 Å². The Morgan fingerprint density at radius 2 is 2.23 bits per heavy atom. The first-order valence-corrected chi connectivity index (χ1v) is 4.00. The number of nitrogens with zero attached hydrogens (tertiary/aromatic N) is 2. The fourth-order valence-electron chi connectivity index (χ4n) is 0.854. The van der Waals surface area contributed by atoms with Crippen molar-refractivity contribution in [2.75, 3.05) is 19.8 Å². The molecule has 0 saturated carbocycles. The van der Waals surface area contributed by atoms with Gasteiger partial charge in [0.05, 0.1) is 18.3 Å². The molecule has 0 atom stereocenters. The smallest absolute Gasteiger partial charge is 0.228 e. The standard InChI is InChI=1S/C9H13N3O/c1-12(2)9(13)5-8-4-3-7(10)6-11-8/h3-4,6H,5,10H2,1-2H3. The minimum Gasteiger partial charge on any atom is -0.397 e. The number of aromatic nitrogens is 1. The maximum absolute atomic E-state index is 11.3. The molecule has 1 aromatic heterocycles. The monoisotopic (exact) mass is 179 g/mol. The number of rotatable bonds is 2. The molecule has 1 heterocycles. The zero-order chi connectivity index (χ0) is 9.84. The largest absolute Gasteiger partial charge is 0.397 e. The summed E-state index contributed by atoms with van der Waals surface area (Å²) in [6, 6.07) is 3.50. The van der Waals surface area contributed by atoms with Crippen molar-refractivity contribution >= 4 is 11.6 Å². The molecule has 13 heavy (non-hydrogen) atoms. The molecule has 1 rings (SSSR count). The van der Waals surface area contributed by atoms with Crippen molar-refractivity contribution in [1.82, 2.24) is 9.88 Å². The van der Waals surface area contributed by atoms with Gasteiger partial charge in [0.25, 0.3) is 0 Å². The van der Waals surface area contributed by atoms with Crippen LogP contribution in [0.25, 0.3) is 0 Å². The third-order valence-corrected chi connectivity index (χ3v) is 1.68. The van der Waals surface area contributed by atoms with Crippen LogP contribution < -0.4 is 5.73 Å². The summed E-state index contributed by atoms with van der Waals surface area (Å²) in [4.78, 5) is 16.8. The second-order valence-corrected chi connectivity index (χ2v) is 3.05. The lowest BCUT2D eigenvalue weighted by molar-refractivity contribution is -0.128. The molecule has 1 aromatic rings. The molecular formula is C9H13N3O. The maximum atomic E-state index is 11.3. The zero-order valence-corrected chi connectivity index (χ0v) is 7.82. The van der Waals surface area contributed by atoms with E-state index in [1.807, 2.05) is 0 Å². The highest BCUT2D eigenvalue weighted by atomic mass is 16.2. The average Bonchev–Trinajstić information content (AvgIpc) is 2.08. The number of amides is 1. The molecule has 0 spiro atoms. The molecule has 0 unspecified atom stereocenters. The fraction of sp³-hybridized carbons (Fsp3) is 0.333. The number of pyridine rings is 1. The molecule has 0 aromatic carbocycles. The van der Waals surface area contributed by atoms with E-state index in [-0.39, 0.29) is 5.91 Å². The number of hydrogen-bond acceptors (Lipinski definition) is 3. The molecule has 0 bridgehead atoms. The Morgan fingerprint density at radius 3 is 2.69 bits per heavy atom. The first-order valence-electron chi connectivity index (χ1n) is 4.00. The Morgan fingerprint density at radius 1 is 1.54 bits per heavy atom. The Hall–Kier alpha value is -1.58. The highest BCUT2D eigenvalue weighted by Crippen LogP contribution is 2.02. The van der Waals surface area contributed by atoms with Crippen molar-refractivity contribution < 1.29 is 4.79 Å². The van der Waals surface area contributed by atoms with Crippen LogP contribution >= 0.6 is 0 Å². The molecule has 4 heteroatoms. The van der Waals surface area contributed by atoms with Crippen molar-refractivity contribution in [3.05, 3.63) is 24.0 Å². The van der Waals surface area contributed by atoms with Gasteiger partial charge in [-0.2, -0.15) is 0 Å². The van der Waals surface area contributed by atoms with Crippen molar-refractivity contribution in [3.63, 3.8) is 0 Å². The van der Waals surface area contributed by atoms with Gasteiger partial charge in [0.2, 0.25) is 5.91 Å². The predicted octanol–water partition coefficient (Wildman–Crippen LogP) is 0.294.